The van der Waals surface area contributed by atoms with E-state index in [2.05, 4.69) is 16.8 Å². The van der Waals surface area contributed by atoms with Crippen LogP contribution in [0.2, 0.25) is 0 Å². The maximum Gasteiger partial charge on any atom is 0.276 e. The summed E-state index contributed by atoms with van der Waals surface area (Å²) in [5.41, 5.74) is 1.99. The van der Waals surface area contributed by atoms with Gasteiger partial charge in [-0.25, -0.2) is 5.14 Å². The third-order valence-electron chi connectivity index (χ3n) is 5.89. The molecule has 2 N–H and O–H groups in total. The Bertz CT molecular complexity index is 958. The molecular weight excluding hydrogens is 392 g/mol. The van der Waals surface area contributed by atoms with Crippen molar-refractivity contribution < 1.29 is 17.9 Å². The smallest absolute Gasteiger partial charge is 0.276 e. The standard InChI is InChI=1S/C20H30N4O4S/c1-14(13-23(2)29(21,25)26)15-6-9-24(10-7-15)18-5-8-22-17-12-20(28-4)19(27-3)11-16(17)18/h5,8,11-12,14-15H,6-7,9-10,13H2,1-4H3,(H2,21,25,26). The van der Waals surface area contributed by atoms with Crippen LogP contribution in [0.15, 0.2) is 24.4 Å². The SMILES string of the molecule is COc1cc2nccc(N3CCC(C(C)CN(C)S(N)(=O)=O)CC3)c2cc1OC. The Balaban J connectivity index is 1.75. The lowest BCUT2D eigenvalue weighted by molar-refractivity contribution is 0.256. The first-order valence-electron chi connectivity index (χ1n) is 9.74. The van der Waals surface area contributed by atoms with E-state index in [1.165, 1.54) is 11.4 Å². The molecule has 8 nitrogen and oxygen atoms in total. The quantitative estimate of drug-likeness (QED) is 0.735. The van der Waals surface area contributed by atoms with Crippen LogP contribution >= 0.6 is 0 Å². The Hall–Kier alpha value is -2.10. The molecule has 1 unspecified atom stereocenters. The number of rotatable bonds is 7. The number of hydrogen-bond donors (Lipinski definition) is 1. The van der Waals surface area contributed by atoms with Crippen molar-refractivity contribution in [1.82, 2.24) is 9.29 Å². The Morgan fingerprint density at radius 3 is 2.45 bits per heavy atom. The summed E-state index contributed by atoms with van der Waals surface area (Å²) in [6.07, 6.45) is 3.81. The average molecular weight is 423 g/mol. The second-order valence-electron chi connectivity index (χ2n) is 7.68. The van der Waals surface area contributed by atoms with Crippen LogP contribution in [0.3, 0.4) is 0 Å². The zero-order chi connectivity index (χ0) is 21.2. The lowest BCUT2D eigenvalue weighted by Gasteiger charge is -2.37. The summed E-state index contributed by atoms with van der Waals surface area (Å²) < 4.78 is 35.1. The monoisotopic (exact) mass is 422 g/mol. The first kappa shape index (κ1) is 21.6. The van der Waals surface area contributed by atoms with Gasteiger partial charge in [-0.3, -0.25) is 4.98 Å². The third kappa shape index (κ3) is 4.73. The normalized spacial score (nSPS) is 17.0. The van der Waals surface area contributed by atoms with E-state index in [1.54, 1.807) is 14.2 Å². The number of pyridine rings is 1. The van der Waals surface area contributed by atoms with Gasteiger partial charge in [0.15, 0.2) is 11.5 Å². The number of nitrogens with two attached hydrogens (primary N) is 1. The highest BCUT2D eigenvalue weighted by Gasteiger charge is 2.27. The molecule has 160 valence electrons. The lowest BCUT2D eigenvalue weighted by Crippen LogP contribution is -2.41. The number of fused-ring (bicyclic) bond motifs is 1. The molecule has 0 aliphatic carbocycles. The molecule has 1 aliphatic heterocycles. The van der Waals surface area contributed by atoms with Crippen molar-refractivity contribution in [1.29, 1.82) is 0 Å². The molecule has 3 rings (SSSR count). The molecule has 0 bridgehead atoms. The number of ether oxygens (including phenoxy) is 2. The van der Waals surface area contributed by atoms with Crippen molar-refractivity contribution in [3.05, 3.63) is 24.4 Å². The molecule has 1 saturated heterocycles. The van der Waals surface area contributed by atoms with Crippen LogP contribution in [0.1, 0.15) is 19.8 Å². The van der Waals surface area contributed by atoms with Crippen LogP contribution < -0.4 is 19.5 Å². The molecule has 1 aliphatic rings. The fraction of sp³-hybridized carbons (Fsp3) is 0.550. The van der Waals surface area contributed by atoms with Gasteiger partial charge in [-0.05, 0) is 36.8 Å². The minimum atomic E-state index is -3.63. The minimum Gasteiger partial charge on any atom is -0.493 e. The van der Waals surface area contributed by atoms with E-state index in [0.29, 0.717) is 24.0 Å². The van der Waals surface area contributed by atoms with Gasteiger partial charge in [0.05, 0.1) is 19.7 Å². The highest BCUT2D eigenvalue weighted by molar-refractivity contribution is 7.86. The van der Waals surface area contributed by atoms with E-state index < -0.39 is 10.2 Å². The van der Waals surface area contributed by atoms with Gasteiger partial charge < -0.3 is 14.4 Å². The average Bonchev–Trinajstić information content (AvgIpc) is 2.71. The molecule has 1 atom stereocenters. The minimum absolute atomic E-state index is 0.249. The molecule has 1 fully saturated rings. The zero-order valence-electron chi connectivity index (χ0n) is 17.5. The van der Waals surface area contributed by atoms with Gasteiger partial charge in [-0.2, -0.15) is 12.7 Å². The fourth-order valence-electron chi connectivity index (χ4n) is 4.10. The predicted molar refractivity (Wildman–Crippen MR) is 115 cm³/mol. The fourth-order valence-corrected chi connectivity index (χ4v) is 4.54. The Morgan fingerprint density at radius 1 is 1.24 bits per heavy atom. The molecule has 1 aromatic heterocycles. The number of methoxy groups -OCH3 is 2. The molecule has 1 aromatic carbocycles. The summed E-state index contributed by atoms with van der Waals surface area (Å²) in [5, 5.41) is 6.25. The van der Waals surface area contributed by atoms with Crippen LogP contribution in [0.4, 0.5) is 5.69 Å². The molecule has 0 radical (unpaired) electrons. The molecule has 2 heterocycles. The number of nitrogens with zero attached hydrogens (tertiary/aromatic N) is 3. The van der Waals surface area contributed by atoms with Crippen molar-refractivity contribution >= 4 is 26.8 Å². The van der Waals surface area contributed by atoms with Gasteiger partial charge in [0.1, 0.15) is 0 Å². The molecule has 9 heteroatoms. The molecular formula is C20H30N4O4S. The first-order valence-corrected chi connectivity index (χ1v) is 11.2. The number of aromatic nitrogens is 1. The summed E-state index contributed by atoms with van der Waals surface area (Å²) in [7, 11) is 1.15. The highest BCUT2D eigenvalue weighted by Crippen LogP contribution is 2.37. The van der Waals surface area contributed by atoms with E-state index in [1.807, 2.05) is 24.4 Å². The predicted octanol–water partition coefficient (Wildman–Crippen LogP) is 2.24. The summed E-state index contributed by atoms with van der Waals surface area (Å²) in [4.78, 5) is 6.85. The van der Waals surface area contributed by atoms with Crippen molar-refractivity contribution in [3.63, 3.8) is 0 Å². The topological polar surface area (TPSA) is 98.0 Å². The Labute approximate surface area is 172 Å². The van der Waals surface area contributed by atoms with Gasteiger partial charge >= 0.3 is 0 Å². The molecule has 0 saturated carbocycles. The van der Waals surface area contributed by atoms with Crippen molar-refractivity contribution in [2.24, 2.45) is 17.0 Å². The Kier molecular flexibility index (Phi) is 6.50. The second-order valence-corrected chi connectivity index (χ2v) is 9.33. The van der Waals surface area contributed by atoms with Gasteiger partial charge in [0.25, 0.3) is 10.2 Å². The van der Waals surface area contributed by atoms with E-state index in [0.717, 1.165) is 42.5 Å². The van der Waals surface area contributed by atoms with Gasteiger partial charge in [0, 0.05) is 50.0 Å². The van der Waals surface area contributed by atoms with Crippen molar-refractivity contribution in [2.75, 3.05) is 45.8 Å². The first-order chi connectivity index (χ1) is 13.7. The summed E-state index contributed by atoms with van der Waals surface area (Å²) in [6, 6.07) is 5.91. The summed E-state index contributed by atoms with van der Waals surface area (Å²) in [5.74, 6) is 2.05. The van der Waals surface area contributed by atoms with Crippen molar-refractivity contribution in [3.8, 4) is 11.5 Å². The zero-order valence-corrected chi connectivity index (χ0v) is 18.3. The second kappa shape index (κ2) is 8.73. The van der Waals surface area contributed by atoms with E-state index >= 15 is 0 Å². The number of hydrogen-bond acceptors (Lipinski definition) is 6. The van der Waals surface area contributed by atoms with E-state index in [9.17, 15) is 8.42 Å². The molecule has 0 spiro atoms. The van der Waals surface area contributed by atoms with Crippen molar-refractivity contribution in [2.45, 2.75) is 19.8 Å². The van der Waals surface area contributed by atoms with Gasteiger partial charge in [-0.1, -0.05) is 6.92 Å². The van der Waals surface area contributed by atoms with Gasteiger partial charge in [-0.15, -0.1) is 0 Å². The maximum absolute atomic E-state index is 11.5. The Morgan fingerprint density at radius 2 is 1.86 bits per heavy atom. The lowest BCUT2D eigenvalue weighted by atomic mass is 9.85. The highest BCUT2D eigenvalue weighted by atomic mass is 32.2. The number of benzene rings is 1. The summed E-state index contributed by atoms with van der Waals surface area (Å²) >= 11 is 0. The summed E-state index contributed by atoms with van der Waals surface area (Å²) in [6.45, 7) is 4.35. The van der Waals surface area contributed by atoms with Gasteiger partial charge in [0.2, 0.25) is 0 Å². The molecule has 0 amide bonds. The largest absolute Gasteiger partial charge is 0.493 e. The van der Waals surface area contributed by atoms with Crippen LogP contribution in [-0.4, -0.2) is 58.6 Å². The number of anilines is 1. The van der Waals surface area contributed by atoms with Crippen LogP contribution in [-0.2, 0) is 10.2 Å². The molecule has 2 aromatic rings. The van der Waals surface area contributed by atoms with Crippen LogP contribution in [0.5, 0.6) is 11.5 Å². The van der Waals surface area contributed by atoms with E-state index in [4.69, 9.17) is 14.6 Å². The maximum atomic E-state index is 11.5. The van der Waals surface area contributed by atoms with Crippen LogP contribution in [0.25, 0.3) is 10.9 Å². The third-order valence-corrected chi connectivity index (χ3v) is 6.91. The van der Waals surface area contributed by atoms with Crippen LogP contribution in [0, 0.1) is 11.8 Å². The van der Waals surface area contributed by atoms with E-state index in [-0.39, 0.29) is 5.92 Å². The number of piperidine rings is 1. The molecule has 29 heavy (non-hydrogen) atoms.